The van der Waals surface area contributed by atoms with Gasteiger partial charge in [0, 0.05) is 5.57 Å². The molecule has 0 bridgehead atoms. The number of carbonyl (C=O) groups is 1. The fourth-order valence-electron chi connectivity index (χ4n) is 0.576. The van der Waals surface area contributed by atoms with Gasteiger partial charge in [-0.25, -0.2) is 0 Å². The second-order valence-corrected chi connectivity index (χ2v) is 2.66. The molecular weight excluding hydrogens is 142 g/mol. The van der Waals surface area contributed by atoms with E-state index in [0.29, 0.717) is 12.0 Å². The summed E-state index contributed by atoms with van der Waals surface area (Å²) in [6.45, 7) is 3.43. The van der Waals surface area contributed by atoms with Gasteiger partial charge < -0.3 is 17.2 Å². The number of hydrogen-bond acceptors (Lipinski definition) is 3. The molecule has 0 atom stereocenters. The molecule has 11 heavy (non-hydrogen) atoms. The van der Waals surface area contributed by atoms with Gasteiger partial charge in [0.2, 0.25) is 5.91 Å². The summed E-state index contributed by atoms with van der Waals surface area (Å²) in [5.74, 6) is -0.487. The highest BCUT2D eigenvalue weighted by atomic mass is 16.1. The second kappa shape index (κ2) is 3.50. The van der Waals surface area contributed by atoms with Crippen LogP contribution in [0, 0.1) is 0 Å². The predicted octanol–water partition coefficient (Wildman–Crippen LogP) is -0.558. The summed E-state index contributed by atoms with van der Waals surface area (Å²) < 4.78 is 0. The predicted molar refractivity (Wildman–Crippen MR) is 44.3 cm³/mol. The normalized spacial score (nSPS) is 13.3. The molecule has 0 rings (SSSR count). The number of rotatable bonds is 3. The third kappa shape index (κ3) is 3.75. The molecule has 0 saturated carbocycles. The first-order valence-electron chi connectivity index (χ1n) is 3.46. The maximum Gasteiger partial charge on any atom is 0.244 e. The average Bonchev–Trinajstić information content (AvgIpc) is 1.87. The Balaban J connectivity index is 4.41. The molecule has 0 heterocycles. The van der Waals surface area contributed by atoms with Crippen LogP contribution in [0.15, 0.2) is 11.6 Å². The van der Waals surface area contributed by atoms with Crippen LogP contribution in [-0.4, -0.2) is 11.6 Å². The highest BCUT2D eigenvalue weighted by Gasteiger charge is 2.13. The Kier molecular flexibility index (Phi) is 3.22. The Hall–Kier alpha value is -0.870. The van der Waals surface area contributed by atoms with Gasteiger partial charge in [-0.2, -0.15) is 0 Å². The zero-order valence-corrected chi connectivity index (χ0v) is 6.92. The quantitative estimate of drug-likeness (QED) is 0.378. The van der Waals surface area contributed by atoms with E-state index in [4.69, 9.17) is 17.2 Å². The molecule has 0 aromatic carbocycles. The molecule has 0 fully saturated rings. The van der Waals surface area contributed by atoms with E-state index in [1.165, 1.54) is 6.08 Å². The minimum atomic E-state index is -0.918. The van der Waals surface area contributed by atoms with Crippen molar-refractivity contribution in [2.45, 2.75) is 25.9 Å². The van der Waals surface area contributed by atoms with Gasteiger partial charge in [-0.15, -0.1) is 0 Å². The first kappa shape index (κ1) is 10.1. The summed E-state index contributed by atoms with van der Waals surface area (Å²) in [5, 5.41) is 0. The Labute approximate surface area is 66.4 Å². The fraction of sp³-hybridized carbons (Fsp3) is 0.571. The lowest BCUT2D eigenvalue weighted by molar-refractivity contribution is -0.114. The number of hydrogen-bond donors (Lipinski definition) is 3. The molecule has 4 heteroatoms. The molecule has 0 aromatic rings. The average molecular weight is 157 g/mol. The van der Waals surface area contributed by atoms with Crippen LogP contribution in [-0.2, 0) is 4.79 Å². The monoisotopic (exact) mass is 157 g/mol. The minimum Gasteiger partial charge on any atom is -0.366 e. The lowest BCUT2D eigenvalue weighted by atomic mass is 10.1. The van der Waals surface area contributed by atoms with Crippen LogP contribution in [0.2, 0.25) is 0 Å². The van der Waals surface area contributed by atoms with Crippen molar-refractivity contribution in [2.75, 3.05) is 0 Å². The molecule has 0 radical (unpaired) electrons. The van der Waals surface area contributed by atoms with E-state index in [9.17, 15) is 4.79 Å². The van der Waals surface area contributed by atoms with Crippen LogP contribution >= 0.6 is 0 Å². The maximum absolute atomic E-state index is 10.5. The Morgan fingerprint density at radius 3 is 2.27 bits per heavy atom. The van der Waals surface area contributed by atoms with Gasteiger partial charge in [0.25, 0.3) is 0 Å². The zero-order valence-electron chi connectivity index (χ0n) is 6.92. The van der Waals surface area contributed by atoms with Crippen molar-refractivity contribution in [3.63, 3.8) is 0 Å². The highest BCUT2D eigenvalue weighted by Crippen LogP contribution is 2.03. The van der Waals surface area contributed by atoms with Crippen LogP contribution in [0.3, 0.4) is 0 Å². The van der Waals surface area contributed by atoms with E-state index in [1.807, 2.05) is 6.92 Å². The van der Waals surface area contributed by atoms with Crippen molar-refractivity contribution < 1.29 is 4.79 Å². The molecule has 0 saturated heterocycles. The molecule has 0 aliphatic heterocycles. The Bertz CT molecular complexity index is 184. The molecule has 0 aliphatic carbocycles. The summed E-state index contributed by atoms with van der Waals surface area (Å²) in [6.07, 6.45) is 2.05. The van der Waals surface area contributed by atoms with Crippen LogP contribution < -0.4 is 17.2 Å². The number of amides is 1. The maximum atomic E-state index is 10.5. The summed E-state index contributed by atoms with van der Waals surface area (Å²) in [7, 11) is 0. The molecule has 64 valence electrons. The van der Waals surface area contributed by atoms with Crippen molar-refractivity contribution in [2.24, 2.45) is 17.2 Å². The SMILES string of the molecule is CCC(N)(N)C=C(C)C(N)=O. The number of nitrogens with two attached hydrogens (primary N) is 3. The van der Waals surface area contributed by atoms with Crippen molar-refractivity contribution in [3.8, 4) is 0 Å². The second-order valence-electron chi connectivity index (χ2n) is 2.66. The van der Waals surface area contributed by atoms with Gasteiger partial charge in [-0.3, -0.25) is 4.79 Å². The Morgan fingerprint density at radius 1 is 1.55 bits per heavy atom. The van der Waals surface area contributed by atoms with Crippen molar-refractivity contribution in [3.05, 3.63) is 11.6 Å². The lowest BCUT2D eigenvalue weighted by Gasteiger charge is -2.18. The summed E-state index contributed by atoms with van der Waals surface area (Å²) in [4.78, 5) is 10.5. The minimum absolute atomic E-state index is 0.400. The first-order chi connectivity index (χ1) is 4.89. The standard InChI is InChI=1S/C7H15N3O/c1-3-7(9,10)4-5(2)6(8)11/h4H,3,9-10H2,1-2H3,(H2,8,11). The van der Waals surface area contributed by atoms with E-state index in [2.05, 4.69) is 0 Å². The third-order valence-electron chi connectivity index (χ3n) is 1.49. The molecule has 0 aliphatic rings. The van der Waals surface area contributed by atoms with Crippen LogP contribution in [0.4, 0.5) is 0 Å². The largest absolute Gasteiger partial charge is 0.366 e. The van der Waals surface area contributed by atoms with Gasteiger partial charge in [0.15, 0.2) is 0 Å². The smallest absolute Gasteiger partial charge is 0.244 e. The molecule has 0 aromatic heterocycles. The highest BCUT2D eigenvalue weighted by molar-refractivity contribution is 5.91. The lowest BCUT2D eigenvalue weighted by Crippen LogP contribution is -2.47. The summed E-state index contributed by atoms with van der Waals surface area (Å²) in [6, 6.07) is 0. The van der Waals surface area contributed by atoms with Crippen LogP contribution in [0.1, 0.15) is 20.3 Å². The zero-order chi connectivity index (χ0) is 9.07. The summed E-state index contributed by atoms with van der Waals surface area (Å²) >= 11 is 0. The van der Waals surface area contributed by atoms with E-state index >= 15 is 0 Å². The molecular formula is C7H15N3O. The topological polar surface area (TPSA) is 95.1 Å². The first-order valence-corrected chi connectivity index (χ1v) is 3.46. The molecule has 0 spiro atoms. The van der Waals surface area contributed by atoms with E-state index in [-0.39, 0.29) is 0 Å². The van der Waals surface area contributed by atoms with Crippen molar-refractivity contribution in [1.82, 2.24) is 0 Å². The Morgan fingerprint density at radius 2 is 2.00 bits per heavy atom. The number of carbonyl (C=O) groups excluding carboxylic acids is 1. The third-order valence-corrected chi connectivity index (χ3v) is 1.49. The van der Waals surface area contributed by atoms with Crippen LogP contribution in [0.5, 0.6) is 0 Å². The van der Waals surface area contributed by atoms with Crippen molar-refractivity contribution in [1.29, 1.82) is 0 Å². The van der Waals surface area contributed by atoms with Gasteiger partial charge in [0.1, 0.15) is 0 Å². The van der Waals surface area contributed by atoms with E-state index in [1.54, 1.807) is 6.92 Å². The molecule has 0 unspecified atom stereocenters. The van der Waals surface area contributed by atoms with E-state index < -0.39 is 11.6 Å². The molecule has 6 N–H and O–H groups in total. The van der Waals surface area contributed by atoms with E-state index in [0.717, 1.165) is 0 Å². The molecule has 4 nitrogen and oxygen atoms in total. The van der Waals surface area contributed by atoms with Gasteiger partial charge in [0.05, 0.1) is 5.66 Å². The summed E-state index contributed by atoms with van der Waals surface area (Å²) in [5.41, 5.74) is 15.6. The van der Waals surface area contributed by atoms with Gasteiger partial charge in [-0.05, 0) is 19.4 Å². The number of primary amides is 1. The van der Waals surface area contributed by atoms with Crippen LogP contribution in [0.25, 0.3) is 0 Å². The fourth-order valence-corrected chi connectivity index (χ4v) is 0.576. The van der Waals surface area contributed by atoms with Gasteiger partial charge in [-0.1, -0.05) is 6.92 Å². The van der Waals surface area contributed by atoms with Crippen molar-refractivity contribution >= 4 is 5.91 Å². The molecule has 1 amide bonds. The van der Waals surface area contributed by atoms with Gasteiger partial charge >= 0.3 is 0 Å².